The molecule has 5 nitrogen and oxygen atoms in total. The SMILES string of the molecule is C=CCc1cc(/C=C2/SC(=O)N(CC3CCCCC3)C2=O)cc(OCC)c1OCc1ccc(Cl)cc1. The molecule has 1 aliphatic carbocycles. The van der Waals surface area contributed by atoms with Gasteiger partial charge >= 0.3 is 0 Å². The van der Waals surface area contributed by atoms with Gasteiger partial charge in [0, 0.05) is 17.1 Å². The normalized spacial score (nSPS) is 17.6. The van der Waals surface area contributed by atoms with Crippen molar-refractivity contribution in [3.05, 3.63) is 75.7 Å². The van der Waals surface area contributed by atoms with Crippen LogP contribution < -0.4 is 9.47 Å². The Balaban J connectivity index is 1.57. The predicted octanol–water partition coefficient (Wildman–Crippen LogP) is 7.66. The zero-order chi connectivity index (χ0) is 25.5. The van der Waals surface area contributed by atoms with Gasteiger partial charge in [0.25, 0.3) is 11.1 Å². The summed E-state index contributed by atoms with van der Waals surface area (Å²) in [5, 5.41) is 0.490. The lowest BCUT2D eigenvalue weighted by molar-refractivity contribution is -0.123. The van der Waals surface area contributed by atoms with Crippen molar-refractivity contribution >= 4 is 40.6 Å². The van der Waals surface area contributed by atoms with Gasteiger partial charge in [-0.2, -0.15) is 0 Å². The number of thioether (sulfide) groups is 1. The van der Waals surface area contributed by atoms with Crippen LogP contribution in [0.4, 0.5) is 4.79 Å². The first-order chi connectivity index (χ1) is 17.5. The smallest absolute Gasteiger partial charge is 0.293 e. The molecular formula is C29H32ClNO4S. The average Bonchev–Trinajstić information content (AvgIpc) is 3.13. The van der Waals surface area contributed by atoms with Crippen molar-refractivity contribution in [1.29, 1.82) is 0 Å². The van der Waals surface area contributed by atoms with E-state index in [-0.39, 0.29) is 11.1 Å². The average molecular weight is 526 g/mol. The van der Waals surface area contributed by atoms with Gasteiger partial charge in [-0.3, -0.25) is 14.5 Å². The fraction of sp³-hybridized carbons (Fsp3) is 0.379. The molecular weight excluding hydrogens is 494 g/mol. The summed E-state index contributed by atoms with van der Waals surface area (Å²) < 4.78 is 12.1. The van der Waals surface area contributed by atoms with E-state index in [9.17, 15) is 9.59 Å². The molecule has 1 heterocycles. The van der Waals surface area contributed by atoms with E-state index < -0.39 is 0 Å². The zero-order valence-electron chi connectivity index (χ0n) is 20.6. The molecule has 190 valence electrons. The topological polar surface area (TPSA) is 55.8 Å². The summed E-state index contributed by atoms with van der Waals surface area (Å²) in [6.07, 6.45) is 9.92. The molecule has 0 spiro atoms. The molecule has 36 heavy (non-hydrogen) atoms. The molecule has 1 aliphatic heterocycles. The molecule has 4 rings (SSSR count). The molecule has 1 saturated heterocycles. The van der Waals surface area contributed by atoms with Crippen molar-refractivity contribution < 1.29 is 19.1 Å². The maximum absolute atomic E-state index is 13.1. The van der Waals surface area contributed by atoms with E-state index >= 15 is 0 Å². The molecule has 0 unspecified atom stereocenters. The lowest BCUT2D eigenvalue weighted by Crippen LogP contribution is -2.34. The standard InChI is InChI=1S/C29H32ClNO4S/c1-3-8-23-15-22(16-25(34-4-2)27(23)35-19-21-11-13-24(30)14-12-21)17-26-28(32)31(29(33)36-26)18-20-9-6-5-7-10-20/h3,11-17,20H,1,4-10,18-19H2,2H3/b26-17+. The molecule has 2 fully saturated rings. The molecule has 2 aromatic rings. The second-order valence-corrected chi connectivity index (χ2v) is 10.6. The number of nitrogens with zero attached hydrogens (tertiary/aromatic N) is 1. The van der Waals surface area contributed by atoms with E-state index in [0.717, 1.165) is 41.3 Å². The first-order valence-electron chi connectivity index (χ1n) is 12.5. The molecule has 2 amide bonds. The van der Waals surface area contributed by atoms with Crippen molar-refractivity contribution in [1.82, 2.24) is 4.90 Å². The van der Waals surface area contributed by atoms with Gasteiger partial charge in [0.05, 0.1) is 11.5 Å². The Morgan fingerprint density at radius 2 is 1.86 bits per heavy atom. The number of ether oxygens (including phenoxy) is 2. The Bertz CT molecular complexity index is 1140. The Hall–Kier alpha value is -2.70. The molecule has 7 heteroatoms. The Morgan fingerprint density at radius 3 is 2.56 bits per heavy atom. The number of benzene rings is 2. The highest BCUT2D eigenvalue weighted by Crippen LogP contribution is 2.38. The van der Waals surface area contributed by atoms with E-state index in [0.29, 0.717) is 53.5 Å². The number of hydrogen-bond donors (Lipinski definition) is 0. The molecule has 0 radical (unpaired) electrons. The third-order valence-electron chi connectivity index (χ3n) is 6.45. The van der Waals surface area contributed by atoms with Gasteiger partial charge in [-0.25, -0.2) is 0 Å². The third-order valence-corrected chi connectivity index (χ3v) is 7.61. The fourth-order valence-electron chi connectivity index (χ4n) is 4.67. The number of carbonyl (C=O) groups excluding carboxylic acids is 2. The maximum atomic E-state index is 13.1. The summed E-state index contributed by atoms with van der Waals surface area (Å²) in [6, 6.07) is 11.3. The molecule has 0 N–H and O–H groups in total. The molecule has 1 saturated carbocycles. The monoisotopic (exact) mass is 525 g/mol. The van der Waals surface area contributed by atoms with Crippen molar-refractivity contribution in [3.63, 3.8) is 0 Å². The van der Waals surface area contributed by atoms with Crippen LogP contribution in [0.15, 0.2) is 54.0 Å². The van der Waals surface area contributed by atoms with Gasteiger partial charge in [-0.1, -0.05) is 49.1 Å². The van der Waals surface area contributed by atoms with E-state index in [4.69, 9.17) is 21.1 Å². The van der Waals surface area contributed by atoms with Crippen LogP contribution in [0.1, 0.15) is 55.7 Å². The molecule has 0 aromatic heterocycles. The predicted molar refractivity (Wildman–Crippen MR) is 147 cm³/mol. The van der Waals surface area contributed by atoms with Crippen LogP contribution in [-0.2, 0) is 17.8 Å². The molecule has 2 aliphatic rings. The van der Waals surface area contributed by atoms with Gasteiger partial charge in [-0.05, 0) is 85.3 Å². The van der Waals surface area contributed by atoms with Gasteiger partial charge < -0.3 is 9.47 Å². The van der Waals surface area contributed by atoms with E-state index in [1.807, 2.05) is 49.4 Å². The number of carbonyl (C=O) groups is 2. The minimum Gasteiger partial charge on any atom is -0.490 e. The second kappa shape index (κ2) is 12.5. The van der Waals surface area contributed by atoms with Crippen LogP contribution in [0, 0.1) is 5.92 Å². The van der Waals surface area contributed by atoms with Crippen molar-refractivity contribution in [3.8, 4) is 11.5 Å². The minimum atomic E-state index is -0.207. The van der Waals surface area contributed by atoms with Gasteiger partial charge in [0.2, 0.25) is 0 Å². The first-order valence-corrected chi connectivity index (χ1v) is 13.7. The summed E-state index contributed by atoms with van der Waals surface area (Å²) in [6.45, 7) is 7.15. The van der Waals surface area contributed by atoms with Crippen molar-refractivity contribution in [2.24, 2.45) is 5.92 Å². The van der Waals surface area contributed by atoms with E-state index in [2.05, 4.69) is 6.58 Å². The van der Waals surface area contributed by atoms with Gasteiger partial charge in [0.1, 0.15) is 6.61 Å². The van der Waals surface area contributed by atoms with Crippen molar-refractivity contribution in [2.75, 3.05) is 13.2 Å². The Morgan fingerprint density at radius 1 is 1.11 bits per heavy atom. The molecule has 0 atom stereocenters. The third kappa shape index (κ3) is 6.54. The summed E-state index contributed by atoms with van der Waals surface area (Å²) in [5.41, 5.74) is 2.68. The Kier molecular flexibility index (Phi) is 9.16. The Labute approximate surface area is 222 Å². The highest BCUT2D eigenvalue weighted by Gasteiger charge is 2.36. The molecule has 2 aromatic carbocycles. The summed E-state index contributed by atoms with van der Waals surface area (Å²) in [4.78, 5) is 27.6. The summed E-state index contributed by atoms with van der Waals surface area (Å²) >= 11 is 7.01. The number of hydrogen-bond acceptors (Lipinski definition) is 5. The quantitative estimate of drug-likeness (QED) is 0.235. The van der Waals surface area contributed by atoms with Crippen LogP contribution in [0.3, 0.4) is 0 Å². The lowest BCUT2D eigenvalue weighted by Gasteiger charge is -2.25. The van der Waals surface area contributed by atoms with Gasteiger partial charge in [0.15, 0.2) is 11.5 Å². The second-order valence-electron chi connectivity index (χ2n) is 9.14. The maximum Gasteiger partial charge on any atom is 0.293 e. The number of rotatable bonds is 10. The fourth-order valence-corrected chi connectivity index (χ4v) is 5.65. The van der Waals surface area contributed by atoms with Crippen LogP contribution in [0.25, 0.3) is 6.08 Å². The molecule has 0 bridgehead atoms. The highest BCUT2D eigenvalue weighted by molar-refractivity contribution is 8.18. The van der Waals surface area contributed by atoms with Crippen LogP contribution >= 0.6 is 23.4 Å². The van der Waals surface area contributed by atoms with Crippen LogP contribution in [0.5, 0.6) is 11.5 Å². The summed E-state index contributed by atoms with van der Waals surface area (Å²) in [7, 11) is 0. The first kappa shape index (κ1) is 26.4. The number of allylic oxidation sites excluding steroid dienone is 1. The zero-order valence-corrected chi connectivity index (χ0v) is 22.2. The summed E-state index contributed by atoms with van der Waals surface area (Å²) in [5.74, 6) is 1.45. The number of amides is 2. The largest absolute Gasteiger partial charge is 0.490 e. The van der Waals surface area contributed by atoms with Crippen LogP contribution in [0.2, 0.25) is 5.02 Å². The van der Waals surface area contributed by atoms with E-state index in [1.54, 1.807) is 6.08 Å². The van der Waals surface area contributed by atoms with Gasteiger partial charge in [-0.15, -0.1) is 6.58 Å². The van der Waals surface area contributed by atoms with Crippen molar-refractivity contribution in [2.45, 2.75) is 52.1 Å². The lowest BCUT2D eigenvalue weighted by atomic mass is 9.89. The number of imide groups is 1. The van der Waals surface area contributed by atoms with Crippen LogP contribution in [-0.4, -0.2) is 29.2 Å². The highest BCUT2D eigenvalue weighted by atomic mass is 35.5. The van der Waals surface area contributed by atoms with E-state index in [1.165, 1.54) is 24.2 Å². The number of halogens is 1. The minimum absolute atomic E-state index is 0.184.